The lowest BCUT2D eigenvalue weighted by Gasteiger charge is -2.10. The molecule has 0 aliphatic rings. The third-order valence-corrected chi connectivity index (χ3v) is 3.69. The third kappa shape index (κ3) is 5.64. The zero-order valence-corrected chi connectivity index (χ0v) is 16.1. The van der Waals surface area contributed by atoms with Crippen molar-refractivity contribution in [2.24, 2.45) is 4.99 Å². The number of nitrogens with one attached hydrogen (secondary N) is 2. The topological polar surface area (TPSA) is 66.6 Å². The van der Waals surface area contributed by atoms with Crippen LogP contribution in [0.1, 0.15) is 12.2 Å². The van der Waals surface area contributed by atoms with E-state index in [1.807, 2.05) is 40.6 Å². The summed E-state index contributed by atoms with van der Waals surface area (Å²) in [5, 5.41) is 15.0. The molecule has 122 valence electrons. The summed E-state index contributed by atoms with van der Waals surface area (Å²) < 4.78 is 2.03. The van der Waals surface area contributed by atoms with Crippen LogP contribution in [0.3, 0.4) is 0 Å². The van der Waals surface area contributed by atoms with Gasteiger partial charge in [0.05, 0.1) is 0 Å². The second-order valence-electron chi connectivity index (χ2n) is 4.57. The van der Waals surface area contributed by atoms with Crippen molar-refractivity contribution in [3.63, 3.8) is 0 Å². The number of guanidine groups is 1. The maximum Gasteiger partial charge on any atom is 0.191 e. The fourth-order valence-corrected chi connectivity index (χ4v) is 2.31. The van der Waals surface area contributed by atoms with Crippen LogP contribution < -0.4 is 10.6 Å². The predicted octanol–water partition coefficient (Wildman–Crippen LogP) is 1.81. The molecule has 0 radical (unpaired) electrons. The lowest BCUT2D eigenvalue weighted by Crippen LogP contribution is -2.38. The van der Waals surface area contributed by atoms with E-state index in [9.17, 15) is 0 Å². The van der Waals surface area contributed by atoms with Gasteiger partial charge in [-0.15, -0.1) is 34.2 Å². The number of hydrogen-bond acceptors (Lipinski definition) is 4. The summed E-state index contributed by atoms with van der Waals surface area (Å²) in [6, 6.07) is 5.93. The molecule has 0 aliphatic heterocycles. The van der Waals surface area contributed by atoms with Gasteiger partial charge in [0.25, 0.3) is 0 Å². The summed E-state index contributed by atoms with van der Waals surface area (Å²) in [6.45, 7) is 1.79. The van der Waals surface area contributed by atoms with Crippen molar-refractivity contribution in [3.8, 4) is 0 Å². The van der Waals surface area contributed by atoms with E-state index in [0.29, 0.717) is 0 Å². The van der Waals surface area contributed by atoms with E-state index in [1.165, 1.54) is 0 Å². The van der Waals surface area contributed by atoms with E-state index in [-0.39, 0.29) is 24.0 Å². The molecule has 2 aromatic heterocycles. The Kier molecular flexibility index (Phi) is 9.21. The normalized spacial score (nSPS) is 11.3. The number of aryl methyl sites for hydroxylation is 1. The Balaban J connectivity index is 0.00000242. The van der Waals surface area contributed by atoms with Gasteiger partial charge in [-0.1, -0.05) is 6.07 Å². The van der Waals surface area contributed by atoms with Gasteiger partial charge in [-0.05, 0) is 24.8 Å². The molecule has 0 saturated heterocycles. The number of aliphatic imine (C=N–C) groups is 1. The largest absolute Gasteiger partial charge is 0.356 e. The van der Waals surface area contributed by atoms with Gasteiger partial charge in [-0.25, -0.2) is 0 Å². The van der Waals surface area contributed by atoms with Crippen molar-refractivity contribution in [1.29, 1.82) is 0 Å². The van der Waals surface area contributed by atoms with E-state index in [1.54, 1.807) is 7.05 Å². The number of thioether (sulfide) groups is 1. The number of hydrogen-bond donors (Lipinski definition) is 2. The van der Waals surface area contributed by atoms with E-state index in [4.69, 9.17) is 0 Å². The Morgan fingerprint density at radius 3 is 2.86 bits per heavy atom. The van der Waals surface area contributed by atoms with Crippen LogP contribution in [0, 0.1) is 0 Å². The first-order valence-electron chi connectivity index (χ1n) is 7.07. The van der Waals surface area contributed by atoms with Crippen molar-refractivity contribution in [1.82, 2.24) is 25.2 Å². The van der Waals surface area contributed by atoms with E-state index >= 15 is 0 Å². The van der Waals surface area contributed by atoms with E-state index < -0.39 is 0 Å². The summed E-state index contributed by atoms with van der Waals surface area (Å²) >= 11 is 1.82. The smallest absolute Gasteiger partial charge is 0.191 e. The molecule has 0 aliphatic carbocycles. The highest BCUT2D eigenvalue weighted by Gasteiger charge is 2.04. The number of fused-ring (bicyclic) bond motifs is 1. The molecule has 22 heavy (non-hydrogen) atoms. The Hall–Kier alpha value is -1.03. The molecule has 0 spiro atoms. The average molecular weight is 434 g/mol. The van der Waals surface area contributed by atoms with Gasteiger partial charge >= 0.3 is 0 Å². The van der Waals surface area contributed by atoms with Crippen molar-refractivity contribution >= 4 is 47.3 Å². The van der Waals surface area contributed by atoms with Gasteiger partial charge in [0.15, 0.2) is 11.6 Å². The quantitative estimate of drug-likeness (QED) is 0.301. The Bertz CT molecular complexity index is 585. The van der Waals surface area contributed by atoms with Crippen LogP contribution in [-0.4, -0.2) is 52.7 Å². The highest BCUT2D eigenvalue weighted by Crippen LogP contribution is 2.04. The molecule has 0 bridgehead atoms. The molecular weight excluding hydrogens is 411 g/mol. The summed E-state index contributed by atoms with van der Waals surface area (Å²) in [5.41, 5.74) is 0.898. The SMILES string of the molecule is CN=C(NCCCc1nnc2ccccn12)NCCSC.I. The van der Waals surface area contributed by atoms with Gasteiger partial charge in [0.2, 0.25) is 0 Å². The lowest BCUT2D eigenvalue weighted by atomic mass is 10.3. The molecule has 8 heteroatoms. The maximum atomic E-state index is 4.23. The lowest BCUT2D eigenvalue weighted by molar-refractivity contribution is 0.718. The van der Waals surface area contributed by atoms with Crippen LogP contribution in [0.2, 0.25) is 0 Å². The zero-order chi connectivity index (χ0) is 14.9. The monoisotopic (exact) mass is 434 g/mol. The minimum Gasteiger partial charge on any atom is -0.356 e. The van der Waals surface area contributed by atoms with E-state index in [0.717, 1.165) is 49.1 Å². The van der Waals surface area contributed by atoms with Gasteiger partial charge in [-0.2, -0.15) is 11.8 Å². The van der Waals surface area contributed by atoms with Crippen LogP contribution in [0.4, 0.5) is 0 Å². The first-order valence-corrected chi connectivity index (χ1v) is 8.46. The van der Waals surface area contributed by atoms with E-state index in [2.05, 4.69) is 32.1 Å². The van der Waals surface area contributed by atoms with Crippen LogP contribution in [0.5, 0.6) is 0 Å². The summed E-state index contributed by atoms with van der Waals surface area (Å²) in [6.07, 6.45) is 5.97. The molecule has 0 aromatic carbocycles. The first-order chi connectivity index (χ1) is 10.3. The van der Waals surface area contributed by atoms with Gasteiger partial charge in [0.1, 0.15) is 5.82 Å². The highest BCUT2D eigenvalue weighted by molar-refractivity contribution is 14.0. The van der Waals surface area contributed by atoms with Crippen molar-refractivity contribution in [2.45, 2.75) is 12.8 Å². The highest BCUT2D eigenvalue weighted by atomic mass is 127. The first kappa shape index (κ1) is 19.0. The predicted molar refractivity (Wildman–Crippen MR) is 104 cm³/mol. The summed E-state index contributed by atoms with van der Waals surface area (Å²) in [5.74, 6) is 2.93. The second-order valence-corrected chi connectivity index (χ2v) is 5.55. The Morgan fingerprint density at radius 2 is 2.09 bits per heavy atom. The molecular formula is C14H23IN6S. The molecule has 2 aromatic rings. The Labute approximate surface area is 152 Å². The van der Waals surface area contributed by atoms with Gasteiger partial charge in [-0.3, -0.25) is 9.39 Å². The number of pyridine rings is 1. The standard InChI is InChI=1S/C14H22N6S.HI/c1-15-14(17-9-11-21-2)16-8-5-7-13-19-18-12-6-3-4-10-20(12)13;/h3-4,6,10H,5,7-9,11H2,1-2H3,(H2,15,16,17);1H. The second kappa shape index (κ2) is 10.7. The minimum atomic E-state index is 0. The molecule has 0 unspecified atom stereocenters. The zero-order valence-electron chi connectivity index (χ0n) is 13.0. The number of aromatic nitrogens is 3. The fourth-order valence-electron chi connectivity index (χ4n) is 2.01. The van der Waals surface area contributed by atoms with Crippen LogP contribution in [0.25, 0.3) is 5.65 Å². The molecule has 2 heterocycles. The van der Waals surface area contributed by atoms with Crippen LogP contribution in [-0.2, 0) is 6.42 Å². The molecule has 2 N–H and O–H groups in total. The molecule has 0 fully saturated rings. The van der Waals surface area contributed by atoms with Crippen molar-refractivity contribution in [2.75, 3.05) is 32.1 Å². The van der Waals surface area contributed by atoms with Crippen LogP contribution in [0.15, 0.2) is 29.4 Å². The Morgan fingerprint density at radius 1 is 1.27 bits per heavy atom. The number of rotatable bonds is 7. The fraction of sp³-hybridized carbons (Fsp3) is 0.500. The number of halogens is 1. The summed E-state index contributed by atoms with van der Waals surface area (Å²) in [7, 11) is 1.79. The van der Waals surface area contributed by atoms with Gasteiger partial charge in [0, 0.05) is 38.5 Å². The molecule has 0 amide bonds. The molecule has 2 rings (SSSR count). The van der Waals surface area contributed by atoms with Gasteiger partial charge < -0.3 is 10.6 Å². The minimum absolute atomic E-state index is 0. The molecule has 6 nitrogen and oxygen atoms in total. The summed E-state index contributed by atoms with van der Waals surface area (Å²) in [4.78, 5) is 4.20. The van der Waals surface area contributed by atoms with Crippen LogP contribution >= 0.6 is 35.7 Å². The van der Waals surface area contributed by atoms with Crippen molar-refractivity contribution < 1.29 is 0 Å². The molecule has 0 saturated carbocycles. The van der Waals surface area contributed by atoms with Crippen molar-refractivity contribution in [3.05, 3.63) is 30.2 Å². The molecule has 0 atom stereocenters. The average Bonchev–Trinajstić information content (AvgIpc) is 2.93. The maximum absolute atomic E-state index is 4.23. The third-order valence-electron chi connectivity index (χ3n) is 3.08. The number of nitrogens with zero attached hydrogens (tertiary/aromatic N) is 4.